The Kier molecular flexibility index (Phi) is 3.01. The lowest BCUT2D eigenvalue weighted by Crippen LogP contribution is -2.07. The van der Waals surface area contributed by atoms with Gasteiger partial charge in [0.15, 0.2) is 0 Å². The maximum Gasteiger partial charge on any atom is 0.0499 e. The monoisotopic (exact) mass is 299 g/mol. The molecule has 1 unspecified atom stereocenters. The molecular weight excluding hydrogens is 286 g/mol. The number of benzene rings is 2. The molecule has 0 saturated carbocycles. The summed E-state index contributed by atoms with van der Waals surface area (Å²) in [5, 5.41) is 1.98. The van der Waals surface area contributed by atoms with Crippen LogP contribution in [0.1, 0.15) is 11.5 Å². The number of thioether (sulfide) groups is 1. The van der Waals surface area contributed by atoms with Gasteiger partial charge in [-0.3, -0.25) is 0 Å². The molecule has 0 saturated heterocycles. The lowest BCUT2D eigenvalue weighted by Gasteiger charge is -2.13. The lowest BCUT2D eigenvalue weighted by atomic mass is 10.0. The highest BCUT2D eigenvalue weighted by molar-refractivity contribution is 7.99. The summed E-state index contributed by atoms with van der Waals surface area (Å²) in [5.74, 6) is 1.75. The number of rotatable bonds is 2. The molecule has 1 aromatic heterocycles. The van der Waals surface area contributed by atoms with Crippen molar-refractivity contribution < 1.29 is 0 Å². The van der Waals surface area contributed by atoms with E-state index in [0.717, 1.165) is 17.0 Å². The number of nitrogens with zero attached hydrogens (tertiary/aromatic N) is 1. The number of hydrogen-bond donors (Lipinski definition) is 0. The quantitative estimate of drug-likeness (QED) is 0.631. The Balaban J connectivity index is 1.71. The molecule has 0 radical (unpaired) electrons. The standard InChI is InChI=1S/C17H14ClNS/c18-15-5-3-6-16-14(15)8-9-19(16)10-12-11-20-17-7-2-1-4-13(12)17/h1-9,12H,10-11H2. The molecule has 20 heavy (non-hydrogen) atoms. The molecule has 2 heterocycles. The van der Waals surface area contributed by atoms with Gasteiger partial charge in [0, 0.05) is 45.2 Å². The normalized spacial score (nSPS) is 17.6. The fraction of sp³-hybridized carbons (Fsp3) is 0.176. The highest BCUT2D eigenvalue weighted by Gasteiger charge is 2.23. The van der Waals surface area contributed by atoms with E-state index in [2.05, 4.69) is 47.2 Å². The van der Waals surface area contributed by atoms with Crippen molar-refractivity contribution in [3.63, 3.8) is 0 Å². The van der Waals surface area contributed by atoms with Crippen molar-refractivity contribution in [2.75, 3.05) is 5.75 Å². The topological polar surface area (TPSA) is 4.93 Å². The molecule has 0 aliphatic carbocycles. The average molecular weight is 300 g/mol. The predicted molar refractivity (Wildman–Crippen MR) is 86.9 cm³/mol. The van der Waals surface area contributed by atoms with Crippen LogP contribution in [-0.2, 0) is 6.54 Å². The molecule has 3 aromatic rings. The summed E-state index contributed by atoms with van der Waals surface area (Å²) in [6.07, 6.45) is 2.15. The van der Waals surface area contributed by atoms with Crippen LogP contribution in [0.3, 0.4) is 0 Å². The van der Waals surface area contributed by atoms with Gasteiger partial charge in [-0.25, -0.2) is 0 Å². The maximum atomic E-state index is 6.25. The maximum absolute atomic E-state index is 6.25. The molecule has 0 amide bonds. The fourth-order valence-electron chi connectivity index (χ4n) is 2.96. The Morgan fingerprint density at radius 2 is 2.00 bits per heavy atom. The van der Waals surface area contributed by atoms with Crippen LogP contribution < -0.4 is 0 Å². The van der Waals surface area contributed by atoms with Gasteiger partial charge in [-0.2, -0.15) is 0 Å². The van der Waals surface area contributed by atoms with Crippen LogP contribution in [0.2, 0.25) is 5.02 Å². The minimum Gasteiger partial charge on any atom is -0.347 e. The van der Waals surface area contributed by atoms with E-state index in [1.165, 1.54) is 21.7 Å². The zero-order chi connectivity index (χ0) is 13.5. The van der Waals surface area contributed by atoms with Gasteiger partial charge in [0.25, 0.3) is 0 Å². The first-order valence-corrected chi connectivity index (χ1v) is 8.14. The first-order chi connectivity index (χ1) is 9.83. The molecule has 0 fully saturated rings. The van der Waals surface area contributed by atoms with E-state index in [0.29, 0.717) is 5.92 Å². The van der Waals surface area contributed by atoms with Crippen molar-refractivity contribution in [2.24, 2.45) is 0 Å². The van der Waals surface area contributed by atoms with Gasteiger partial charge in [0.1, 0.15) is 0 Å². The minimum absolute atomic E-state index is 0.589. The van der Waals surface area contributed by atoms with Gasteiger partial charge >= 0.3 is 0 Å². The Morgan fingerprint density at radius 1 is 1.10 bits per heavy atom. The van der Waals surface area contributed by atoms with Gasteiger partial charge in [-0.15, -0.1) is 11.8 Å². The molecule has 3 heteroatoms. The molecule has 1 aliphatic heterocycles. The van der Waals surface area contributed by atoms with Crippen molar-refractivity contribution in [3.8, 4) is 0 Å². The zero-order valence-electron chi connectivity index (χ0n) is 10.9. The van der Waals surface area contributed by atoms with Crippen LogP contribution in [-0.4, -0.2) is 10.3 Å². The first-order valence-electron chi connectivity index (χ1n) is 6.78. The second kappa shape index (κ2) is 4.87. The van der Waals surface area contributed by atoms with Gasteiger partial charge in [-0.1, -0.05) is 35.9 Å². The van der Waals surface area contributed by atoms with Crippen LogP contribution in [0.5, 0.6) is 0 Å². The zero-order valence-corrected chi connectivity index (χ0v) is 12.5. The summed E-state index contributed by atoms with van der Waals surface area (Å²) in [6.45, 7) is 1.02. The van der Waals surface area contributed by atoms with Crippen molar-refractivity contribution in [2.45, 2.75) is 17.4 Å². The lowest BCUT2D eigenvalue weighted by molar-refractivity contribution is 0.623. The van der Waals surface area contributed by atoms with Gasteiger partial charge < -0.3 is 4.57 Å². The summed E-state index contributed by atoms with van der Waals surface area (Å²) in [4.78, 5) is 1.44. The summed E-state index contributed by atoms with van der Waals surface area (Å²) in [6, 6.07) is 17.0. The first kappa shape index (κ1) is 12.4. The third kappa shape index (κ3) is 1.95. The molecule has 2 aromatic carbocycles. The highest BCUT2D eigenvalue weighted by Crippen LogP contribution is 2.40. The van der Waals surface area contributed by atoms with E-state index < -0.39 is 0 Å². The number of halogens is 1. The molecule has 0 spiro atoms. The van der Waals surface area contributed by atoms with Crippen LogP contribution in [0.25, 0.3) is 10.9 Å². The summed E-state index contributed by atoms with van der Waals surface area (Å²) in [5.41, 5.74) is 2.72. The van der Waals surface area contributed by atoms with E-state index in [4.69, 9.17) is 11.6 Å². The molecular formula is C17H14ClNS. The van der Waals surface area contributed by atoms with Gasteiger partial charge in [0.05, 0.1) is 0 Å². The van der Waals surface area contributed by atoms with Crippen LogP contribution in [0.4, 0.5) is 0 Å². The van der Waals surface area contributed by atoms with Crippen molar-refractivity contribution in [1.82, 2.24) is 4.57 Å². The third-order valence-electron chi connectivity index (χ3n) is 3.98. The van der Waals surface area contributed by atoms with Crippen molar-refractivity contribution in [3.05, 3.63) is 65.3 Å². The molecule has 4 rings (SSSR count). The van der Waals surface area contributed by atoms with Crippen molar-refractivity contribution >= 4 is 34.3 Å². The number of aromatic nitrogens is 1. The van der Waals surface area contributed by atoms with E-state index in [9.17, 15) is 0 Å². The molecule has 1 atom stereocenters. The van der Waals surface area contributed by atoms with Crippen molar-refractivity contribution in [1.29, 1.82) is 0 Å². The van der Waals surface area contributed by atoms with Crippen LogP contribution >= 0.6 is 23.4 Å². The molecule has 0 bridgehead atoms. The number of fused-ring (bicyclic) bond motifs is 2. The summed E-state index contributed by atoms with van der Waals surface area (Å²) < 4.78 is 2.33. The Bertz CT molecular complexity index is 778. The van der Waals surface area contributed by atoms with Crippen LogP contribution in [0.15, 0.2) is 59.6 Å². The molecule has 0 N–H and O–H groups in total. The SMILES string of the molecule is Clc1cccc2c1ccn2CC1CSc2ccccc21. The third-order valence-corrected chi connectivity index (χ3v) is 5.56. The Morgan fingerprint density at radius 3 is 2.95 bits per heavy atom. The van der Waals surface area contributed by atoms with Crippen LogP contribution in [0, 0.1) is 0 Å². The van der Waals surface area contributed by atoms with E-state index in [1.54, 1.807) is 0 Å². The molecule has 1 nitrogen and oxygen atoms in total. The summed E-state index contributed by atoms with van der Waals surface area (Å²) >= 11 is 8.22. The van der Waals surface area contributed by atoms with Gasteiger partial charge in [-0.05, 0) is 29.8 Å². The second-order valence-electron chi connectivity index (χ2n) is 5.19. The fourth-order valence-corrected chi connectivity index (χ4v) is 4.44. The number of hydrogen-bond acceptors (Lipinski definition) is 1. The second-order valence-corrected chi connectivity index (χ2v) is 6.66. The smallest absolute Gasteiger partial charge is 0.0499 e. The molecule has 100 valence electrons. The van der Waals surface area contributed by atoms with E-state index in [1.807, 2.05) is 23.9 Å². The summed E-state index contributed by atoms with van der Waals surface area (Å²) in [7, 11) is 0. The average Bonchev–Trinajstić information content (AvgIpc) is 3.06. The largest absolute Gasteiger partial charge is 0.347 e. The Hall–Kier alpha value is -1.38. The van der Waals surface area contributed by atoms with Gasteiger partial charge in [0.2, 0.25) is 0 Å². The molecule has 1 aliphatic rings. The predicted octanol–water partition coefficient (Wildman–Crippen LogP) is 5.18. The van der Waals surface area contributed by atoms with E-state index in [-0.39, 0.29) is 0 Å². The van der Waals surface area contributed by atoms with E-state index >= 15 is 0 Å². The Labute approximate surface area is 127 Å². The highest BCUT2D eigenvalue weighted by atomic mass is 35.5. The minimum atomic E-state index is 0.589.